The molecule has 0 N–H and O–H groups in total. The zero-order valence-corrected chi connectivity index (χ0v) is 11.3. The number of benzene rings is 1. The third-order valence-corrected chi connectivity index (χ3v) is 4.20. The molecule has 0 atom stereocenters. The fraction of sp³-hybridized carbons (Fsp3) is 0.455. The van der Waals surface area contributed by atoms with E-state index in [0.29, 0.717) is 12.0 Å². The molecule has 0 fully saturated rings. The highest BCUT2D eigenvalue weighted by atomic mass is 35.5. The van der Waals surface area contributed by atoms with Crippen molar-refractivity contribution in [3.63, 3.8) is 0 Å². The van der Waals surface area contributed by atoms with E-state index in [1.807, 2.05) is 13.8 Å². The minimum atomic E-state index is -5.40. The number of sulfone groups is 1. The van der Waals surface area contributed by atoms with Crippen LogP contribution < -0.4 is 0 Å². The Morgan fingerprint density at radius 3 is 2.28 bits per heavy atom. The highest BCUT2D eigenvalue weighted by molar-refractivity contribution is 7.92. The van der Waals surface area contributed by atoms with Gasteiger partial charge in [0.1, 0.15) is 0 Å². The minimum Gasteiger partial charge on any atom is -0.214 e. The van der Waals surface area contributed by atoms with Gasteiger partial charge in [0.15, 0.2) is 0 Å². The van der Waals surface area contributed by atoms with E-state index in [0.717, 1.165) is 6.07 Å². The summed E-state index contributed by atoms with van der Waals surface area (Å²) in [5, 5.41) is -0.417. The van der Waals surface area contributed by atoms with Crippen molar-refractivity contribution in [1.82, 2.24) is 0 Å². The number of rotatable bonds is 3. The smallest absolute Gasteiger partial charge is 0.214 e. The molecule has 102 valence electrons. The molecule has 0 radical (unpaired) electrons. The van der Waals surface area contributed by atoms with Crippen molar-refractivity contribution in [2.75, 3.05) is 0 Å². The van der Waals surface area contributed by atoms with Crippen LogP contribution in [-0.4, -0.2) is 13.9 Å². The second-order valence-corrected chi connectivity index (χ2v) is 6.63. The summed E-state index contributed by atoms with van der Waals surface area (Å²) in [5.41, 5.74) is -4.83. The summed E-state index contributed by atoms with van der Waals surface area (Å²) in [6, 6.07) is 3.70. The lowest BCUT2D eigenvalue weighted by atomic mass is 10.0. The quantitative estimate of drug-likeness (QED) is 0.850. The molecule has 0 amide bonds. The van der Waals surface area contributed by atoms with Crippen molar-refractivity contribution >= 4 is 21.4 Å². The SMILES string of the molecule is CC(C)Cc1ccc(Cl)c(S(=O)(=O)C(F)(F)F)c1. The third kappa shape index (κ3) is 3.17. The average molecular weight is 301 g/mol. The van der Waals surface area contributed by atoms with Crippen LogP contribution in [0.1, 0.15) is 19.4 Å². The van der Waals surface area contributed by atoms with Crippen molar-refractivity contribution in [2.45, 2.75) is 30.7 Å². The number of alkyl halides is 3. The normalized spacial score (nSPS) is 13.1. The number of hydrogen-bond donors (Lipinski definition) is 0. The van der Waals surface area contributed by atoms with Crippen LogP contribution >= 0.6 is 11.6 Å². The van der Waals surface area contributed by atoms with Gasteiger partial charge in [-0.25, -0.2) is 8.42 Å². The van der Waals surface area contributed by atoms with E-state index < -0.39 is 25.3 Å². The van der Waals surface area contributed by atoms with Gasteiger partial charge in [0.2, 0.25) is 0 Å². The predicted molar refractivity (Wildman–Crippen MR) is 63.2 cm³/mol. The fourth-order valence-electron chi connectivity index (χ4n) is 1.48. The molecule has 0 aliphatic rings. The van der Waals surface area contributed by atoms with Crippen LogP contribution in [0.3, 0.4) is 0 Å². The lowest BCUT2D eigenvalue weighted by Gasteiger charge is -2.12. The molecule has 0 heterocycles. The van der Waals surface area contributed by atoms with Gasteiger partial charge in [0, 0.05) is 0 Å². The Morgan fingerprint density at radius 1 is 1.28 bits per heavy atom. The van der Waals surface area contributed by atoms with Gasteiger partial charge in [0.05, 0.1) is 9.92 Å². The summed E-state index contributed by atoms with van der Waals surface area (Å²) < 4.78 is 59.9. The van der Waals surface area contributed by atoms with Crippen molar-refractivity contribution in [1.29, 1.82) is 0 Å². The molecule has 0 aromatic heterocycles. The molecule has 1 rings (SSSR count). The Kier molecular flexibility index (Phi) is 4.33. The van der Waals surface area contributed by atoms with Crippen molar-refractivity contribution in [2.24, 2.45) is 5.92 Å². The van der Waals surface area contributed by atoms with Crippen molar-refractivity contribution in [3.05, 3.63) is 28.8 Å². The minimum absolute atomic E-state index is 0.201. The highest BCUT2D eigenvalue weighted by Gasteiger charge is 2.47. The summed E-state index contributed by atoms with van der Waals surface area (Å²) in [6.45, 7) is 3.76. The molecule has 1 aromatic rings. The lowest BCUT2D eigenvalue weighted by molar-refractivity contribution is -0.0436. The molecular formula is C11H12ClF3O2S. The maximum absolute atomic E-state index is 12.4. The van der Waals surface area contributed by atoms with E-state index in [1.165, 1.54) is 12.1 Å². The molecule has 1 aromatic carbocycles. The zero-order chi connectivity index (χ0) is 14.1. The fourth-order valence-corrected chi connectivity index (χ4v) is 2.78. The second kappa shape index (κ2) is 5.09. The summed E-state index contributed by atoms with van der Waals surface area (Å²) in [6.07, 6.45) is 0.484. The molecule has 0 aliphatic heterocycles. The van der Waals surface area contributed by atoms with Crippen LogP contribution in [0.15, 0.2) is 23.1 Å². The summed E-state index contributed by atoms with van der Waals surface area (Å²) in [5.74, 6) is 0.201. The van der Waals surface area contributed by atoms with E-state index >= 15 is 0 Å². The Morgan fingerprint density at radius 2 is 1.83 bits per heavy atom. The van der Waals surface area contributed by atoms with E-state index in [9.17, 15) is 21.6 Å². The van der Waals surface area contributed by atoms with Crippen LogP contribution in [0, 0.1) is 5.92 Å². The highest BCUT2D eigenvalue weighted by Crippen LogP contribution is 2.34. The summed E-state index contributed by atoms with van der Waals surface area (Å²) in [7, 11) is -5.40. The molecule has 0 saturated heterocycles. The molecular weight excluding hydrogens is 289 g/mol. The van der Waals surface area contributed by atoms with Crippen LogP contribution in [0.5, 0.6) is 0 Å². The van der Waals surface area contributed by atoms with Crippen LogP contribution in [0.2, 0.25) is 5.02 Å². The summed E-state index contributed by atoms with van der Waals surface area (Å²) >= 11 is 5.54. The van der Waals surface area contributed by atoms with Gasteiger partial charge in [-0.1, -0.05) is 31.5 Å². The molecule has 0 unspecified atom stereocenters. The van der Waals surface area contributed by atoms with Crippen molar-refractivity contribution in [3.8, 4) is 0 Å². The van der Waals surface area contributed by atoms with Crippen LogP contribution in [0.25, 0.3) is 0 Å². The Balaban J connectivity index is 3.33. The Labute approximate surface area is 109 Å². The third-order valence-electron chi connectivity index (χ3n) is 2.23. The van der Waals surface area contributed by atoms with E-state index in [-0.39, 0.29) is 5.92 Å². The molecule has 18 heavy (non-hydrogen) atoms. The number of halogens is 4. The first-order valence-corrected chi connectivity index (χ1v) is 7.01. The molecule has 0 saturated carbocycles. The van der Waals surface area contributed by atoms with Gasteiger partial charge in [-0.05, 0) is 30.0 Å². The van der Waals surface area contributed by atoms with Gasteiger partial charge in [0.25, 0.3) is 9.84 Å². The van der Waals surface area contributed by atoms with Crippen LogP contribution in [0.4, 0.5) is 13.2 Å². The topological polar surface area (TPSA) is 34.1 Å². The van der Waals surface area contributed by atoms with Gasteiger partial charge in [-0.3, -0.25) is 0 Å². The molecule has 2 nitrogen and oxygen atoms in total. The maximum Gasteiger partial charge on any atom is 0.501 e. The number of hydrogen-bond acceptors (Lipinski definition) is 2. The van der Waals surface area contributed by atoms with E-state index in [1.54, 1.807) is 0 Å². The average Bonchev–Trinajstić information content (AvgIpc) is 2.18. The first-order valence-electron chi connectivity index (χ1n) is 5.15. The monoisotopic (exact) mass is 300 g/mol. The Hall–Kier alpha value is -0.750. The predicted octanol–water partition coefficient (Wildman–Crippen LogP) is 3.83. The Bertz CT molecular complexity index is 536. The first kappa shape index (κ1) is 15.3. The molecule has 7 heteroatoms. The molecule has 0 aliphatic carbocycles. The molecule has 0 bridgehead atoms. The second-order valence-electron chi connectivity index (χ2n) is 4.31. The van der Waals surface area contributed by atoms with E-state index in [4.69, 9.17) is 11.6 Å². The summed E-state index contributed by atoms with van der Waals surface area (Å²) in [4.78, 5) is -0.880. The maximum atomic E-state index is 12.4. The van der Waals surface area contributed by atoms with Crippen molar-refractivity contribution < 1.29 is 21.6 Å². The lowest BCUT2D eigenvalue weighted by Crippen LogP contribution is -2.23. The van der Waals surface area contributed by atoms with Gasteiger partial charge < -0.3 is 0 Å². The molecule has 0 spiro atoms. The van der Waals surface area contributed by atoms with E-state index in [2.05, 4.69) is 0 Å². The van der Waals surface area contributed by atoms with Gasteiger partial charge in [-0.2, -0.15) is 13.2 Å². The van der Waals surface area contributed by atoms with Crippen LogP contribution in [-0.2, 0) is 16.3 Å². The van der Waals surface area contributed by atoms with Gasteiger partial charge >= 0.3 is 5.51 Å². The zero-order valence-electron chi connectivity index (χ0n) is 9.75. The standard InChI is InChI=1S/C11H12ClF3O2S/c1-7(2)5-8-3-4-9(12)10(6-8)18(16,17)11(13,14)15/h3-4,6-7H,5H2,1-2H3. The first-order chi connectivity index (χ1) is 8.05. The largest absolute Gasteiger partial charge is 0.501 e. The van der Waals surface area contributed by atoms with Gasteiger partial charge in [-0.15, -0.1) is 0 Å².